The van der Waals surface area contributed by atoms with Gasteiger partial charge in [0.2, 0.25) is 11.8 Å². The molecule has 1 aromatic heterocycles. The van der Waals surface area contributed by atoms with Crippen molar-refractivity contribution >= 4 is 46.5 Å². The van der Waals surface area contributed by atoms with E-state index in [2.05, 4.69) is 10.4 Å². The van der Waals surface area contributed by atoms with Crippen molar-refractivity contribution in [2.24, 2.45) is 0 Å². The van der Waals surface area contributed by atoms with E-state index >= 15 is 0 Å². The van der Waals surface area contributed by atoms with Crippen molar-refractivity contribution in [1.29, 1.82) is 0 Å². The lowest BCUT2D eigenvalue weighted by molar-refractivity contribution is -0.126. The first kappa shape index (κ1) is 18.2. The lowest BCUT2D eigenvalue weighted by Crippen LogP contribution is -2.45. The Morgan fingerprint density at radius 3 is 2.62 bits per heavy atom. The number of likely N-dealkylation sites (N-methyl/N-ethyl adjacent to an activating group) is 1. The minimum Gasteiger partial charge on any atom is -0.313 e. The average molecular weight is 427 g/mol. The van der Waals surface area contributed by atoms with Crippen molar-refractivity contribution in [3.05, 3.63) is 75.4 Å². The second-order valence-electron chi connectivity index (χ2n) is 7.29. The van der Waals surface area contributed by atoms with Gasteiger partial charge >= 0.3 is 0 Å². The zero-order valence-corrected chi connectivity index (χ0v) is 17.0. The second kappa shape index (κ2) is 6.34. The highest BCUT2D eigenvalue weighted by molar-refractivity contribution is 6.35. The Labute approximate surface area is 177 Å². The number of nitrogens with zero attached hydrogens (tertiary/aromatic N) is 3. The highest BCUT2D eigenvalue weighted by Gasteiger charge is 2.56. The molecule has 29 heavy (non-hydrogen) atoms. The molecule has 3 aromatic rings. The van der Waals surface area contributed by atoms with E-state index in [4.69, 9.17) is 23.2 Å². The third kappa shape index (κ3) is 2.46. The van der Waals surface area contributed by atoms with E-state index in [1.807, 2.05) is 24.3 Å². The van der Waals surface area contributed by atoms with Crippen LogP contribution >= 0.6 is 23.2 Å². The van der Waals surface area contributed by atoms with Gasteiger partial charge in [0.05, 0.1) is 23.5 Å². The van der Waals surface area contributed by atoms with Crippen LogP contribution in [0.25, 0.3) is 0 Å². The maximum absolute atomic E-state index is 13.5. The number of amides is 2. The van der Waals surface area contributed by atoms with Gasteiger partial charge in [-0.3, -0.25) is 9.59 Å². The van der Waals surface area contributed by atoms with Crippen molar-refractivity contribution < 1.29 is 9.59 Å². The van der Waals surface area contributed by atoms with Crippen LogP contribution in [0.3, 0.4) is 0 Å². The van der Waals surface area contributed by atoms with Crippen molar-refractivity contribution in [2.75, 3.05) is 17.3 Å². The van der Waals surface area contributed by atoms with Gasteiger partial charge in [0, 0.05) is 24.1 Å². The highest BCUT2D eigenvalue weighted by Crippen LogP contribution is 2.53. The SMILES string of the molecule is CN1C(=O)C2(CC(=O)Nc3c2cnn3Cc2ccccc2Cl)c2cccc(Cl)c21. The molecule has 0 saturated carbocycles. The fraction of sp³-hybridized carbons (Fsp3) is 0.190. The smallest absolute Gasteiger partial charge is 0.242 e. The van der Waals surface area contributed by atoms with E-state index in [0.717, 1.165) is 11.1 Å². The van der Waals surface area contributed by atoms with Gasteiger partial charge in [-0.25, -0.2) is 4.68 Å². The van der Waals surface area contributed by atoms with E-state index in [9.17, 15) is 9.59 Å². The van der Waals surface area contributed by atoms with Gasteiger partial charge in [-0.15, -0.1) is 0 Å². The first-order chi connectivity index (χ1) is 13.9. The monoisotopic (exact) mass is 426 g/mol. The van der Waals surface area contributed by atoms with Crippen molar-refractivity contribution in [2.45, 2.75) is 18.4 Å². The maximum atomic E-state index is 13.5. The summed E-state index contributed by atoms with van der Waals surface area (Å²) in [5.41, 5.74) is 1.77. The van der Waals surface area contributed by atoms with Gasteiger partial charge in [0.1, 0.15) is 11.2 Å². The topological polar surface area (TPSA) is 67.2 Å². The molecule has 0 saturated heterocycles. The van der Waals surface area contributed by atoms with E-state index in [1.165, 1.54) is 4.90 Å². The summed E-state index contributed by atoms with van der Waals surface area (Å²) in [6.45, 7) is 0.373. The van der Waals surface area contributed by atoms with Crippen LogP contribution in [0.1, 0.15) is 23.1 Å². The van der Waals surface area contributed by atoms with Gasteiger partial charge < -0.3 is 10.2 Å². The Kier molecular flexibility index (Phi) is 3.98. The number of hydrogen-bond donors (Lipinski definition) is 1. The first-order valence-corrected chi connectivity index (χ1v) is 9.86. The summed E-state index contributed by atoms with van der Waals surface area (Å²) >= 11 is 12.7. The molecule has 2 aliphatic rings. The molecule has 6 nitrogen and oxygen atoms in total. The molecular weight excluding hydrogens is 411 g/mol. The Morgan fingerprint density at radius 1 is 1.07 bits per heavy atom. The standard InChI is InChI=1S/C21H16Cl2N4O2/c1-26-18-13(6-4-8-16(18)23)21(20(26)29)9-17(28)25-19-14(21)10-24-27(19)11-12-5-2-3-7-15(12)22/h2-8,10H,9,11H2,1H3,(H,25,28). The van der Waals surface area contributed by atoms with Crippen LogP contribution in [0.5, 0.6) is 0 Å². The molecule has 0 bridgehead atoms. The number of aromatic nitrogens is 2. The molecule has 1 spiro atoms. The zero-order chi connectivity index (χ0) is 20.3. The minimum atomic E-state index is -1.13. The lowest BCUT2D eigenvalue weighted by Gasteiger charge is -2.32. The van der Waals surface area contributed by atoms with Gasteiger partial charge in [-0.1, -0.05) is 53.5 Å². The van der Waals surface area contributed by atoms with Crippen LogP contribution in [0.2, 0.25) is 10.0 Å². The van der Waals surface area contributed by atoms with E-state index < -0.39 is 5.41 Å². The number of nitrogens with one attached hydrogen (secondary N) is 1. The minimum absolute atomic E-state index is 0.00824. The molecule has 146 valence electrons. The molecule has 2 amide bonds. The van der Waals surface area contributed by atoms with Crippen molar-refractivity contribution in [1.82, 2.24) is 9.78 Å². The van der Waals surface area contributed by atoms with Gasteiger partial charge in [0.15, 0.2) is 0 Å². The number of fused-ring (bicyclic) bond motifs is 4. The number of anilines is 2. The average Bonchev–Trinajstić information content (AvgIpc) is 3.18. The normalized spacial score (nSPS) is 20.0. The first-order valence-electron chi connectivity index (χ1n) is 9.10. The number of rotatable bonds is 2. The van der Waals surface area contributed by atoms with Crippen LogP contribution < -0.4 is 10.2 Å². The molecule has 2 aliphatic heterocycles. The Morgan fingerprint density at radius 2 is 1.83 bits per heavy atom. The molecule has 3 heterocycles. The predicted octanol–water partition coefficient (Wildman–Crippen LogP) is 3.84. The summed E-state index contributed by atoms with van der Waals surface area (Å²) in [5, 5.41) is 8.47. The molecule has 1 unspecified atom stereocenters. The van der Waals surface area contributed by atoms with Crippen molar-refractivity contribution in [3.8, 4) is 0 Å². The maximum Gasteiger partial charge on any atom is 0.242 e. The number of carbonyl (C=O) groups excluding carboxylic acids is 2. The van der Waals surface area contributed by atoms with Crippen LogP contribution in [0.4, 0.5) is 11.5 Å². The number of benzene rings is 2. The summed E-state index contributed by atoms with van der Waals surface area (Å²) in [7, 11) is 1.68. The summed E-state index contributed by atoms with van der Waals surface area (Å²) in [6, 6.07) is 12.9. The van der Waals surface area contributed by atoms with Crippen LogP contribution in [-0.2, 0) is 21.5 Å². The largest absolute Gasteiger partial charge is 0.313 e. The molecule has 8 heteroatoms. The van der Waals surface area contributed by atoms with Gasteiger partial charge in [-0.05, 0) is 23.3 Å². The fourth-order valence-corrected chi connectivity index (χ4v) is 4.88. The molecule has 1 atom stereocenters. The van der Waals surface area contributed by atoms with E-state index in [-0.39, 0.29) is 18.2 Å². The summed E-state index contributed by atoms with van der Waals surface area (Å²) in [5.74, 6) is 0.0812. The Bertz CT molecular complexity index is 1190. The molecule has 0 fully saturated rings. The highest BCUT2D eigenvalue weighted by atomic mass is 35.5. The van der Waals surface area contributed by atoms with Gasteiger partial charge in [0.25, 0.3) is 0 Å². The zero-order valence-electron chi connectivity index (χ0n) is 15.4. The lowest BCUT2D eigenvalue weighted by atomic mass is 9.72. The summed E-state index contributed by atoms with van der Waals surface area (Å²) in [6.07, 6.45) is 1.67. The van der Waals surface area contributed by atoms with Crippen LogP contribution in [0, 0.1) is 0 Å². The molecule has 0 aliphatic carbocycles. The number of halogens is 2. The van der Waals surface area contributed by atoms with Gasteiger partial charge in [-0.2, -0.15) is 5.10 Å². The Hall–Kier alpha value is -2.83. The molecule has 1 N–H and O–H groups in total. The van der Waals surface area contributed by atoms with Crippen LogP contribution in [-0.4, -0.2) is 28.6 Å². The molecular formula is C21H16Cl2N4O2. The number of hydrogen-bond acceptors (Lipinski definition) is 3. The predicted molar refractivity (Wildman–Crippen MR) is 112 cm³/mol. The summed E-state index contributed by atoms with van der Waals surface area (Å²) < 4.78 is 1.67. The molecule has 5 rings (SSSR count). The van der Waals surface area contributed by atoms with E-state index in [0.29, 0.717) is 33.7 Å². The third-order valence-electron chi connectivity index (χ3n) is 5.71. The fourth-order valence-electron chi connectivity index (χ4n) is 4.38. The van der Waals surface area contributed by atoms with Crippen LogP contribution in [0.15, 0.2) is 48.7 Å². The quantitative estimate of drug-likeness (QED) is 0.676. The summed E-state index contributed by atoms with van der Waals surface area (Å²) in [4.78, 5) is 27.7. The van der Waals surface area contributed by atoms with Crippen molar-refractivity contribution in [3.63, 3.8) is 0 Å². The number of carbonyl (C=O) groups is 2. The second-order valence-corrected chi connectivity index (χ2v) is 8.10. The molecule has 0 radical (unpaired) electrons. The third-order valence-corrected chi connectivity index (χ3v) is 6.39. The Balaban J connectivity index is 1.70. The number of para-hydroxylation sites is 1. The molecule has 2 aromatic carbocycles. The van der Waals surface area contributed by atoms with E-state index in [1.54, 1.807) is 36.1 Å².